The van der Waals surface area contributed by atoms with E-state index in [-0.39, 0.29) is 5.91 Å². The van der Waals surface area contributed by atoms with E-state index in [1.54, 1.807) is 30.3 Å². The van der Waals surface area contributed by atoms with Gasteiger partial charge in [0, 0.05) is 23.7 Å². The Balaban J connectivity index is 1.87. The third kappa shape index (κ3) is 4.32. The number of hydrogen-bond acceptors (Lipinski definition) is 3. The van der Waals surface area contributed by atoms with Crippen LogP contribution in [0.25, 0.3) is 0 Å². The van der Waals surface area contributed by atoms with Gasteiger partial charge < -0.3 is 10.2 Å². The fraction of sp³-hybridized carbons (Fsp3) is 0.300. The van der Waals surface area contributed by atoms with Crippen LogP contribution in [-0.4, -0.2) is 19.0 Å². The fourth-order valence-corrected chi connectivity index (χ4v) is 3.29. The largest absolute Gasteiger partial charge is 0.370 e. The number of halogens is 1. The summed E-state index contributed by atoms with van der Waals surface area (Å²) in [6.45, 7) is 1.96. The molecule has 2 aromatic carbocycles. The van der Waals surface area contributed by atoms with Crippen LogP contribution in [-0.2, 0) is 0 Å². The highest BCUT2D eigenvalue weighted by molar-refractivity contribution is 6.31. The summed E-state index contributed by atoms with van der Waals surface area (Å²) in [6.07, 6.45) is 4.79. The quantitative estimate of drug-likeness (QED) is 0.858. The standard InChI is InChI=1S/C20H20ClN3O/c21-17-8-9-19(24-10-3-1-2-4-11-24)18(13-17)23-20(25)16-7-5-6-15(12-16)14-22/h5-9,12-13H,1-4,10-11H2,(H,23,25). The molecule has 0 aromatic heterocycles. The summed E-state index contributed by atoms with van der Waals surface area (Å²) in [5, 5.41) is 12.6. The van der Waals surface area contributed by atoms with Gasteiger partial charge in [-0.25, -0.2) is 0 Å². The minimum absolute atomic E-state index is 0.240. The van der Waals surface area contributed by atoms with Crippen molar-refractivity contribution in [1.82, 2.24) is 0 Å². The molecule has 1 N–H and O–H groups in total. The molecule has 0 bridgehead atoms. The maximum atomic E-state index is 12.6. The van der Waals surface area contributed by atoms with Crippen LogP contribution in [0.1, 0.15) is 41.6 Å². The van der Waals surface area contributed by atoms with Crippen molar-refractivity contribution in [1.29, 1.82) is 5.26 Å². The van der Waals surface area contributed by atoms with Crippen LogP contribution in [0.4, 0.5) is 11.4 Å². The van der Waals surface area contributed by atoms with Crippen molar-refractivity contribution in [3.63, 3.8) is 0 Å². The molecular formula is C20H20ClN3O. The van der Waals surface area contributed by atoms with E-state index < -0.39 is 0 Å². The van der Waals surface area contributed by atoms with Crippen molar-refractivity contribution < 1.29 is 4.79 Å². The zero-order valence-corrected chi connectivity index (χ0v) is 14.7. The van der Waals surface area contributed by atoms with Crippen LogP contribution in [0.15, 0.2) is 42.5 Å². The zero-order valence-electron chi connectivity index (χ0n) is 14.0. The number of nitrogens with one attached hydrogen (secondary N) is 1. The Hall–Kier alpha value is -2.51. The van der Waals surface area contributed by atoms with Crippen molar-refractivity contribution in [3.8, 4) is 6.07 Å². The van der Waals surface area contributed by atoms with Crippen molar-refractivity contribution in [2.24, 2.45) is 0 Å². The lowest BCUT2D eigenvalue weighted by atomic mass is 10.1. The lowest BCUT2D eigenvalue weighted by Crippen LogP contribution is -2.25. The average molecular weight is 354 g/mol. The first kappa shape index (κ1) is 17.3. The maximum Gasteiger partial charge on any atom is 0.255 e. The third-order valence-electron chi connectivity index (χ3n) is 4.41. The van der Waals surface area contributed by atoms with Crippen LogP contribution in [0.5, 0.6) is 0 Å². The first-order chi connectivity index (χ1) is 12.2. The SMILES string of the molecule is N#Cc1cccc(C(=O)Nc2cc(Cl)ccc2N2CCCCCC2)c1. The molecule has 1 saturated heterocycles. The van der Waals surface area contributed by atoms with E-state index in [0.29, 0.717) is 21.8 Å². The zero-order chi connectivity index (χ0) is 17.6. The van der Waals surface area contributed by atoms with Gasteiger partial charge in [-0.2, -0.15) is 5.26 Å². The molecule has 0 radical (unpaired) electrons. The molecule has 1 aliphatic heterocycles. The minimum Gasteiger partial charge on any atom is -0.370 e. The first-order valence-electron chi connectivity index (χ1n) is 8.53. The number of hydrogen-bond donors (Lipinski definition) is 1. The van der Waals surface area contributed by atoms with E-state index in [1.807, 2.05) is 12.1 Å². The van der Waals surface area contributed by atoms with Crippen LogP contribution in [0.2, 0.25) is 5.02 Å². The summed E-state index contributed by atoms with van der Waals surface area (Å²) in [5.74, 6) is -0.240. The van der Waals surface area contributed by atoms with Crippen molar-refractivity contribution in [2.45, 2.75) is 25.7 Å². The van der Waals surface area contributed by atoms with Crippen molar-refractivity contribution in [2.75, 3.05) is 23.3 Å². The smallest absolute Gasteiger partial charge is 0.255 e. The molecule has 1 amide bonds. The fourth-order valence-electron chi connectivity index (χ4n) is 3.12. The second-order valence-corrected chi connectivity index (χ2v) is 6.65. The van der Waals surface area contributed by atoms with Crippen molar-refractivity contribution >= 4 is 28.9 Å². The van der Waals surface area contributed by atoms with Gasteiger partial charge in [-0.15, -0.1) is 0 Å². The highest BCUT2D eigenvalue weighted by atomic mass is 35.5. The molecule has 2 aromatic rings. The monoisotopic (exact) mass is 353 g/mol. The van der Waals surface area contributed by atoms with Gasteiger partial charge in [0.15, 0.2) is 0 Å². The molecule has 25 heavy (non-hydrogen) atoms. The van der Waals surface area contributed by atoms with Crippen molar-refractivity contribution in [3.05, 3.63) is 58.6 Å². The number of nitrogens with zero attached hydrogens (tertiary/aromatic N) is 2. The Morgan fingerprint density at radius 3 is 2.56 bits per heavy atom. The molecule has 128 valence electrons. The normalized spacial score (nSPS) is 14.5. The summed E-state index contributed by atoms with van der Waals surface area (Å²) >= 11 is 6.15. The predicted octanol–water partition coefficient (Wildman–Crippen LogP) is 4.84. The van der Waals surface area contributed by atoms with Gasteiger partial charge in [0.25, 0.3) is 5.91 Å². The number of rotatable bonds is 3. The van der Waals surface area contributed by atoms with Gasteiger partial charge in [-0.1, -0.05) is 30.5 Å². The Bertz CT molecular complexity index is 805. The van der Waals surface area contributed by atoms with E-state index in [4.69, 9.17) is 16.9 Å². The van der Waals surface area contributed by atoms with Crippen LogP contribution in [0, 0.1) is 11.3 Å². The Morgan fingerprint density at radius 2 is 1.84 bits per heavy atom. The van der Waals surface area contributed by atoms with E-state index in [1.165, 1.54) is 12.8 Å². The second-order valence-electron chi connectivity index (χ2n) is 6.21. The third-order valence-corrected chi connectivity index (χ3v) is 4.64. The number of carbonyl (C=O) groups excluding carboxylic acids is 1. The van der Waals surface area contributed by atoms with E-state index >= 15 is 0 Å². The van der Waals surface area contributed by atoms with Gasteiger partial charge in [0.1, 0.15) is 0 Å². The number of benzene rings is 2. The molecule has 1 heterocycles. The molecule has 0 saturated carbocycles. The average Bonchev–Trinajstić information content (AvgIpc) is 2.91. The topological polar surface area (TPSA) is 56.1 Å². The van der Waals surface area contributed by atoms with E-state index in [9.17, 15) is 4.79 Å². The van der Waals surface area contributed by atoms with Gasteiger partial charge >= 0.3 is 0 Å². The van der Waals surface area contributed by atoms with Gasteiger partial charge in [0.05, 0.1) is 23.0 Å². The van der Waals surface area contributed by atoms with E-state index in [2.05, 4.69) is 16.3 Å². The number of amides is 1. The van der Waals surface area contributed by atoms with Gasteiger partial charge in [0.2, 0.25) is 0 Å². The summed E-state index contributed by atoms with van der Waals surface area (Å²) in [7, 11) is 0. The van der Waals surface area contributed by atoms with Gasteiger partial charge in [-0.3, -0.25) is 4.79 Å². The Morgan fingerprint density at radius 1 is 1.08 bits per heavy atom. The molecule has 1 fully saturated rings. The Kier molecular flexibility index (Phi) is 5.57. The summed E-state index contributed by atoms with van der Waals surface area (Å²) in [6, 6.07) is 14.3. The predicted molar refractivity (Wildman–Crippen MR) is 101 cm³/mol. The summed E-state index contributed by atoms with van der Waals surface area (Å²) < 4.78 is 0. The minimum atomic E-state index is -0.240. The first-order valence-corrected chi connectivity index (χ1v) is 8.91. The number of nitriles is 1. The molecule has 0 atom stereocenters. The molecule has 4 nitrogen and oxygen atoms in total. The highest BCUT2D eigenvalue weighted by Crippen LogP contribution is 2.31. The van der Waals surface area contributed by atoms with Gasteiger partial charge in [-0.05, 0) is 49.2 Å². The Labute approximate surface area is 153 Å². The molecule has 3 rings (SSSR count). The molecular weight excluding hydrogens is 334 g/mol. The molecule has 0 unspecified atom stereocenters. The second kappa shape index (κ2) is 8.04. The van der Waals surface area contributed by atoms with Crippen LogP contribution in [0.3, 0.4) is 0 Å². The number of anilines is 2. The lowest BCUT2D eigenvalue weighted by molar-refractivity contribution is 0.102. The van der Waals surface area contributed by atoms with Crippen LogP contribution >= 0.6 is 11.6 Å². The summed E-state index contributed by atoms with van der Waals surface area (Å²) in [4.78, 5) is 14.9. The molecule has 1 aliphatic rings. The van der Waals surface area contributed by atoms with Crippen LogP contribution < -0.4 is 10.2 Å². The van der Waals surface area contributed by atoms with E-state index in [0.717, 1.165) is 31.6 Å². The molecule has 0 aliphatic carbocycles. The molecule has 0 spiro atoms. The summed E-state index contributed by atoms with van der Waals surface area (Å²) in [5.41, 5.74) is 2.63. The maximum absolute atomic E-state index is 12.6. The lowest BCUT2D eigenvalue weighted by Gasteiger charge is -2.25. The number of carbonyl (C=O) groups is 1. The molecule has 5 heteroatoms. The highest BCUT2D eigenvalue weighted by Gasteiger charge is 2.16.